The molecule has 0 heterocycles. The van der Waals surface area contributed by atoms with Gasteiger partial charge in [0.05, 0.1) is 0 Å². The van der Waals surface area contributed by atoms with Crippen LogP contribution in [-0.4, -0.2) is 18.6 Å². The number of unbranched alkanes of at least 4 members (excludes halogenated alkanes) is 1. The highest BCUT2D eigenvalue weighted by atomic mass is 35.5. The molecule has 0 aromatic heterocycles. The number of esters is 1. The van der Waals surface area contributed by atoms with Gasteiger partial charge in [0.15, 0.2) is 0 Å². The smallest absolute Gasteiger partial charge is 0.328 e. The fourth-order valence-electron chi connectivity index (χ4n) is 2.40. The Kier molecular flexibility index (Phi) is 13.3. The second-order valence-corrected chi connectivity index (χ2v) is 6.39. The third kappa shape index (κ3) is 7.39. The van der Waals surface area contributed by atoms with E-state index in [1.165, 1.54) is 0 Å². The Bertz CT molecular complexity index is 468. The topological polar surface area (TPSA) is 78.3 Å². The van der Waals surface area contributed by atoms with Gasteiger partial charge in [0, 0.05) is 0 Å². The lowest BCUT2D eigenvalue weighted by atomic mass is 9.94. The van der Waals surface area contributed by atoms with Crippen LogP contribution < -0.4 is 16.2 Å². The van der Waals surface area contributed by atoms with Gasteiger partial charge in [-0.05, 0) is 42.3 Å². The number of benzene rings is 1. The Morgan fingerprint density at radius 1 is 1.04 bits per heavy atom. The minimum atomic E-state index is -0.591. The molecule has 24 heavy (non-hydrogen) atoms. The van der Waals surface area contributed by atoms with Crippen LogP contribution in [0.5, 0.6) is 5.75 Å². The first kappa shape index (κ1) is 25.4. The molecule has 4 nitrogen and oxygen atoms in total. The molecule has 1 aromatic carbocycles. The molecule has 1 rings (SSSR count). The third-order valence-corrected chi connectivity index (χ3v) is 3.79. The summed E-state index contributed by atoms with van der Waals surface area (Å²) in [4.78, 5) is 12.3. The number of carbonyl (C=O) groups excluding carboxylic acids is 1. The lowest BCUT2D eigenvalue weighted by Gasteiger charge is -2.20. The number of halogens is 2. The maximum atomic E-state index is 12.3. The summed E-state index contributed by atoms with van der Waals surface area (Å²) >= 11 is 0. The van der Waals surface area contributed by atoms with Gasteiger partial charge in [-0.3, -0.25) is 0 Å². The molecular weight excluding hydrogens is 347 g/mol. The molecule has 0 saturated heterocycles. The van der Waals surface area contributed by atoms with Gasteiger partial charge in [-0.2, -0.15) is 0 Å². The molecule has 0 radical (unpaired) electrons. The van der Waals surface area contributed by atoms with Crippen LogP contribution in [-0.2, 0) is 4.79 Å². The molecule has 0 unspecified atom stereocenters. The molecule has 0 aliphatic heterocycles. The van der Waals surface area contributed by atoms with Gasteiger partial charge in [0.2, 0.25) is 0 Å². The number of para-hydroxylation sites is 1. The SMILES string of the molecule is CC(C)c1cccc(C(C)C)c1OC(=O)[C@@H](N)CCCCN.Cl.Cl. The fourth-order valence-corrected chi connectivity index (χ4v) is 2.40. The molecule has 4 N–H and O–H groups in total. The minimum absolute atomic E-state index is 0. The summed E-state index contributed by atoms with van der Waals surface area (Å²) in [5.41, 5.74) is 13.5. The van der Waals surface area contributed by atoms with Crippen molar-refractivity contribution >= 4 is 30.8 Å². The first-order chi connectivity index (χ1) is 10.4. The van der Waals surface area contributed by atoms with Crippen molar-refractivity contribution in [2.24, 2.45) is 11.5 Å². The van der Waals surface area contributed by atoms with Crippen molar-refractivity contribution in [1.82, 2.24) is 0 Å². The van der Waals surface area contributed by atoms with Crippen LogP contribution in [0.3, 0.4) is 0 Å². The van der Waals surface area contributed by atoms with Crippen LogP contribution in [0.2, 0.25) is 0 Å². The summed E-state index contributed by atoms with van der Waals surface area (Å²) in [7, 11) is 0. The lowest BCUT2D eigenvalue weighted by molar-refractivity contribution is -0.136. The largest absolute Gasteiger partial charge is 0.425 e. The summed E-state index contributed by atoms with van der Waals surface area (Å²) in [5.74, 6) is 0.906. The van der Waals surface area contributed by atoms with Crippen LogP contribution >= 0.6 is 24.8 Å². The van der Waals surface area contributed by atoms with Crippen molar-refractivity contribution in [1.29, 1.82) is 0 Å². The quantitative estimate of drug-likeness (QED) is 0.404. The number of ether oxygens (including phenoxy) is 1. The number of nitrogens with two attached hydrogens (primary N) is 2. The Morgan fingerprint density at radius 3 is 1.96 bits per heavy atom. The molecule has 0 aliphatic carbocycles. The second-order valence-electron chi connectivity index (χ2n) is 6.39. The van der Waals surface area contributed by atoms with Crippen molar-refractivity contribution in [2.75, 3.05) is 6.54 Å². The van der Waals surface area contributed by atoms with E-state index in [1.807, 2.05) is 18.2 Å². The molecule has 0 saturated carbocycles. The van der Waals surface area contributed by atoms with E-state index in [0.717, 1.165) is 24.0 Å². The molecule has 1 atom stereocenters. The molecule has 0 amide bonds. The summed E-state index contributed by atoms with van der Waals surface area (Å²) in [6, 6.07) is 5.45. The van der Waals surface area contributed by atoms with Crippen molar-refractivity contribution in [2.45, 2.75) is 64.8 Å². The summed E-state index contributed by atoms with van der Waals surface area (Å²) in [6.07, 6.45) is 2.33. The van der Waals surface area contributed by atoms with Gasteiger partial charge in [-0.1, -0.05) is 52.3 Å². The predicted molar refractivity (Wildman–Crippen MR) is 106 cm³/mol. The van der Waals surface area contributed by atoms with Crippen LogP contribution in [0.4, 0.5) is 0 Å². The monoisotopic (exact) mass is 378 g/mol. The predicted octanol–water partition coefficient (Wildman–Crippen LogP) is 4.14. The van der Waals surface area contributed by atoms with E-state index in [2.05, 4.69) is 27.7 Å². The van der Waals surface area contributed by atoms with E-state index in [4.69, 9.17) is 16.2 Å². The van der Waals surface area contributed by atoms with Crippen LogP contribution in [0, 0.1) is 0 Å². The highest BCUT2D eigenvalue weighted by Crippen LogP contribution is 2.34. The zero-order chi connectivity index (χ0) is 16.7. The summed E-state index contributed by atoms with van der Waals surface area (Å²) < 4.78 is 5.70. The Balaban J connectivity index is 0. The molecule has 6 heteroatoms. The Hall–Kier alpha value is -0.810. The fraction of sp³-hybridized carbons (Fsp3) is 0.611. The minimum Gasteiger partial charge on any atom is -0.425 e. The van der Waals surface area contributed by atoms with Crippen LogP contribution in [0.1, 0.15) is 69.9 Å². The number of hydrogen-bond acceptors (Lipinski definition) is 4. The van der Waals surface area contributed by atoms with Gasteiger partial charge in [-0.15, -0.1) is 24.8 Å². The molecule has 0 bridgehead atoms. The zero-order valence-corrected chi connectivity index (χ0v) is 16.7. The van der Waals surface area contributed by atoms with Gasteiger partial charge < -0.3 is 16.2 Å². The van der Waals surface area contributed by atoms with Crippen molar-refractivity contribution in [3.63, 3.8) is 0 Å². The average Bonchev–Trinajstić information content (AvgIpc) is 2.46. The standard InChI is InChI=1S/C18H30N2O2.2ClH/c1-12(2)14-8-7-9-15(13(3)4)17(14)22-18(21)16(20)10-5-6-11-19;;/h7-9,12-13,16H,5-6,10-11,19-20H2,1-4H3;2*1H/t16-;;/m0../s1. The van der Waals surface area contributed by atoms with E-state index < -0.39 is 6.04 Å². The van der Waals surface area contributed by atoms with Gasteiger partial charge in [0.1, 0.15) is 11.8 Å². The third-order valence-electron chi connectivity index (χ3n) is 3.79. The summed E-state index contributed by atoms with van der Waals surface area (Å²) in [5, 5.41) is 0. The maximum Gasteiger partial charge on any atom is 0.328 e. The molecule has 1 aromatic rings. The lowest BCUT2D eigenvalue weighted by Crippen LogP contribution is -2.34. The zero-order valence-electron chi connectivity index (χ0n) is 15.1. The van der Waals surface area contributed by atoms with E-state index in [-0.39, 0.29) is 42.6 Å². The number of hydrogen-bond donors (Lipinski definition) is 2. The highest BCUT2D eigenvalue weighted by molar-refractivity contribution is 5.85. The van der Waals surface area contributed by atoms with E-state index in [1.54, 1.807) is 0 Å². The first-order valence-corrected chi connectivity index (χ1v) is 8.18. The van der Waals surface area contributed by atoms with Gasteiger partial charge >= 0.3 is 5.97 Å². The van der Waals surface area contributed by atoms with Crippen molar-refractivity contribution < 1.29 is 9.53 Å². The van der Waals surface area contributed by atoms with Crippen LogP contribution in [0.25, 0.3) is 0 Å². The highest BCUT2D eigenvalue weighted by Gasteiger charge is 2.21. The summed E-state index contributed by atoms with van der Waals surface area (Å²) in [6.45, 7) is 9.00. The van der Waals surface area contributed by atoms with Crippen molar-refractivity contribution in [3.8, 4) is 5.75 Å². The van der Waals surface area contributed by atoms with E-state index in [0.29, 0.717) is 18.7 Å². The number of carbonyl (C=O) groups is 1. The Morgan fingerprint density at radius 2 is 1.54 bits per heavy atom. The van der Waals surface area contributed by atoms with Crippen molar-refractivity contribution in [3.05, 3.63) is 29.3 Å². The maximum absolute atomic E-state index is 12.3. The number of rotatable bonds is 8. The first-order valence-electron chi connectivity index (χ1n) is 8.18. The van der Waals surface area contributed by atoms with E-state index >= 15 is 0 Å². The molecular formula is C18H32Cl2N2O2. The Labute approximate surface area is 158 Å². The molecule has 140 valence electrons. The van der Waals surface area contributed by atoms with Gasteiger partial charge in [-0.25, -0.2) is 4.79 Å². The van der Waals surface area contributed by atoms with Crippen LogP contribution in [0.15, 0.2) is 18.2 Å². The average molecular weight is 379 g/mol. The molecule has 0 spiro atoms. The molecule has 0 fully saturated rings. The normalized spacial score (nSPS) is 11.7. The molecule has 0 aliphatic rings. The second kappa shape index (κ2) is 12.5. The van der Waals surface area contributed by atoms with Gasteiger partial charge in [0.25, 0.3) is 0 Å². The van der Waals surface area contributed by atoms with E-state index in [9.17, 15) is 4.79 Å².